The fourth-order valence-corrected chi connectivity index (χ4v) is 3.15. The van der Waals surface area contributed by atoms with Crippen molar-refractivity contribution in [3.63, 3.8) is 0 Å². The molecule has 1 fully saturated rings. The summed E-state index contributed by atoms with van der Waals surface area (Å²) in [5, 5.41) is 10.3. The molecule has 1 aromatic heterocycles. The lowest BCUT2D eigenvalue weighted by atomic mass is 9.76. The summed E-state index contributed by atoms with van der Waals surface area (Å²) in [6.45, 7) is 2.20. The maximum atomic E-state index is 13.1. The minimum absolute atomic E-state index is 0.263. The number of aromatic nitrogens is 1. The molecule has 100 valence electrons. The number of nitrogens with zero attached hydrogens (tertiary/aromatic N) is 1. The van der Waals surface area contributed by atoms with E-state index in [0.717, 1.165) is 18.8 Å². The first-order valence-corrected chi connectivity index (χ1v) is 6.99. The Morgan fingerprint density at radius 3 is 3.00 bits per heavy atom. The second-order valence-electron chi connectivity index (χ2n) is 5.46. The van der Waals surface area contributed by atoms with Crippen molar-refractivity contribution in [3.05, 3.63) is 29.8 Å². The first-order chi connectivity index (χ1) is 8.70. The zero-order chi connectivity index (χ0) is 13.0. The molecule has 0 radical (unpaired) electrons. The van der Waals surface area contributed by atoms with Crippen molar-refractivity contribution in [2.24, 2.45) is 11.8 Å². The lowest BCUT2D eigenvalue weighted by Crippen LogP contribution is -2.21. The van der Waals surface area contributed by atoms with Gasteiger partial charge in [-0.05, 0) is 30.7 Å². The molecule has 0 saturated heterocycles. The van der Waals surface area contributed by atoms with Crippen LogP contribution in [0.4, 0.5) is 4.39 Å². The van der Waals surface area contributed by atoms with Crippen LogP contribution >= 0.6 is 0 Å². The molecule has 0 unspecified atom stereocenters. The summed E-state index contributed by atoms with van der Waals surface area (Å²) in [5.74, 6) is 0.622. The van der Waals surface area contributed by atoms with Crippen LogP contribution in [-0.2, 0) is 0 Å². The maximum absolute atomic E-state index is 13.1. The molecule has 0 aliphatic heterocycles. The zero-order valence-electron chi connectivity index (χ0n) is 11.0. The van der Waals surface area contributed by atoms with Crippen LogP contribution in [0, 0.1) is 17.7 Å². The molecule has 1 heterocycles. The average Bonchev–Trinajstić information content (AvgIpc) is 2.39. The monoisotopic (exact) mass is 251 g/mol. The van der Waals surface area contributed by atoms with Gasteiger partial charge in [0.25, 0.3) is 0 Å². The lowest BCUT2D eigenvalue weighted by molar-refractivity contribution is 0.0663. The Kier molecular flexibility index (Phi) is 4.70. The van der Waals surface area contributed by atoms with E-state index >= 15 is 0 Å². The van der Waals surface area contributed by atoms with Gasteiger partial charge in [0.2, 0.25) is 0 Å². The third-order valence-electron chi connectivity index (χ3n) is 4.03. The van der Waals surface area contributed by atoms with Crippen LogP contribution in [0.3, 0.4) is 0 Å². The van der Waals surface area contributed by atoms with Gasteiger partial charge < -0.3 is 5.11 Å². The van der Waals surface area contributed by atoms with E-state index in [1.807, 2.05) is 0 Å². The molecule has 1 aromatic rings. The molecule has 3 heteroatoms. The highest BCUT2D eigenvalue weighted by atomic mass is 19.1. The summed E-state index contributed by atoms with van der Waals surface area (Å²) in [6.07, 6.45) is 9.19. The highest BCUT2D eigenvalue weighted by molar-refractivity contribution is 5.14. The van der Waals surface area contributed by atoms with Crippen LogP contribution < -0.4 is 0 Å². The van der Waals surface area contributed by atoms with Crippen molar-refractivity contribution >= 4 is 0 Å². The third-order valence-corrected chi connectivity index (χ3v) is 4.03. The summed E-state index contributed by atoms with van der Waals surface area (Å²) >= 11 is 0. The molecule has 0 aromatic carbocycles. The molecule has 0 spiro atoms. The summed E-state index contributed by atoms with van der Waals surface area (Å²) < 4.78 is 13.1. The van der Waals surface area contributed by atoms with Gasteiger partial charge in [-0.2, -0.15) is 0 Å². The Bertz CT molecular complexity index is 381. The highest BCUT2D eigenvalue weighted by Gasteiger charge is 2.28. The number of pyridine rings is 1. The SMILES string of the molecule is CCC[C@H]1CCC[C@H]([C@@H](O)c2cncc(F)c2)C1. The minimum Gasteiger partial charge on any atom is -0.388 e. The minimum atomic E-state index is -0.562. The van der Waals surface area contributed by atoms with Gasteiger partial charge in [-0.25, -0.2) is 4.39 Å². The lowest BCUT2D eigenvalue weighted by Gasteiger charge is -2.32. The van der Waals surface area contributed by atoms with E-state index in [1.54, 1.807) is 6.20 Å². The van der Waals surface area contributed by atoms with E-state index in [1.165, 1.54) is 37.9 Å². The van der Waals surface area contributed by atoms with E-state index in [0.29, 0.717) is 5.56 Å². The Balaban J connectivity index is 2.02. The van der Waals surface area contributed by atoms with Crippen molar-refractivity contribution in [3.8, 4) is 0 Å². The first-order valence-electron chi connectivity index (χ1n) is 6.99. The second-order valence-corrected chi connectivity index (χ2v) is 5.46. The van der Waals surface area contributed by atoms with Gasteiger partial charge in [-0.1, -0.05) is 32.6 Å². The van der Waals surface area contributed by atoms with Gasteiger partial charge in [-0.15, -0.1) is 0 Å². The molecule has 1 N–H and O–H groups in total. The highest BCUT2D eigenvalue weighted by Crippen LogP contribution is 2.38. The normalized spacial score (nSPS) is 25.9. The number of aliphatic hydroxyl groups excluding tert-OH is 1. The molecule has 1 saturated carbocycles. The molecule has 2 rings (SSSR count). The second kappa shape index (κ2) is 6.28. The summed E-state index contributed by atoms with van der Waals surface area (Å²) in [5.41, 5.74) is 0.622. The molecule has 1 aliphatic carbocycles. The number of hydrogen-bond donors (Lipinski definition) is 1. The van der Waals surface area contributed by atoms with Crippen LogP contribution in [0.1, 0.15) is 57.1 Å². The van der Waals surface area contributed by atoms with Gasteiger partial charge in [0, 0.05) is 11.8 Å². The molecular weight excluding hydrogens is 229 g/mol. The topological polar surface area (TPSA) is 33.1 Å². The number of rotatable bonds is 4. The molecule has 0 bridgehead atoms. The van der Waals surface area contributed by atoms with Crippen molar-refractivity contribution in [2.75, 3.05) is 0 Å². The number of halogens is 1. The molecule has 0 amide bonds. The van der Waals surface area contributed by atoms with Crippen molar-refractivity contribution in [1.82, 2.24) is 4.98 Å². The van der Waals surface area contributed by atoms with Crippen LogP contribution in [0.15, 0.2) is 18.5 Å². The Morgan fingerprint density at radius 2 is 2.28 bits per heavy atom. The van der Waals surface area contributed by atoms with Crippen LogP contribution in [0.25, 0.3) is 0 Å². The molecular formula is C15H22FNO. The number of aliphatic hydroxyl groups is 1. The van der Waals surface area contributed by atoms with E-state index in [9.17, 15) is 9.50 Å². The first kappa shape index (κ1) is 13.5. The van der Waals surface area contributed by atoms with Gasteiger partial charge in [0.1, 0.15) is 5.82 Å². The Hall–Kier alpha value is -0.960. The predicted molar refractivity (Wildman–Crippen MR) is 69.5 cm³/mol. The van der Waals surface area contributed by atoms with Crippen molar-refractivity contribution < 1.29 is 9.50 Å². The summed E-state index contributed by atoms with van der Waals surface area (Å²) in [6, 6.07) is 1.40. The molecule has 2 nitrogen and oxygen atoms in total. The van der Waals surface area contributed by atoms with Crippen LogP contribution in [0.2, 0.25) is 0 Å². The molecule has 1 aliphatic rings. The molecule has 18 heavy (non-hydrogen) atoms. The Labute approximate surface area is 108 Å². The van der Waals surface area contributed by atoms with Gasteiger partial charge >= 0.3 is 0 Å². The van der Waals surface area contributed by atoms with E-state index in [-0.39, 0.29) is 11.7 Å². The van der Waals surface area contributed by atoms with Gasteiger partial charge in [0.05, 0.1) is 12.3 Å². The standard InChI is InChI=1S/C15H22FNO/c1-2-4-11-5-3-6-12(7-11)15(18)13-8-14(16)10-17-9-13/h8-12,15,18H,2-7H2,1H3/t11-,12-,15+/m0/s1. The molecule has 3 atom stereocenters. The average molecular weight is 251 g/mol. The predicted octanol–water partition coefficient (Wildman–Crippen LogP) is 3.86. The maximum Gasteiger partial charge on any atom is 0.141 e. The van der Waals surface area contributed by atoms with Gasteiger partial charge in [0.15, 0.2) is 0 Å². The van der Waals surface area contributed by atoms with E-state index in [2.05, 4.69) is 11.9 Å². The number of hydrogen-bond acceptors (Lipinski definition) is 2. The fourth-order valence-electron chi connectivity index (χ4n) is 3.15. The van der Waals surface area contributed by atoms with E-state index in [4.69, 9.17) is 0 Å². The Morgan fingerprint density at radius 1 is 1.44 bits per heavy atom. The van der Waals surface area contributed by atoms with Crippen molar-refractivity contribution in [1.29, 1.82) is 0 Å². The smallest absolute Gasteiger partial charge is 0.141 e. The largest absolute Gasteiger partial charge is 0.388 e. The van der Waals surface area contributed by atoms with Gasteiger partial charge in [-0.3, -0.25) is 4.98 Å². The van der Waals surface area contributed by atoms with Crippen molar-refractivity contribution in [2.45, 2.75) is 51.6 Å². The van der Waals surface area contributed by atoms with Crippen LogP contribution in [0.5, 0.6) is 0 Å². The summed E-state index contributed by atoms with van der Waals surface area (Å²) in [4.78, 5) is 3.82. The summed E-state index contributed by atoms with van der Waals surface area (Å²) in [7, 11) is 0. The zero-order valence-corrected chi connectivity index (χ0v) is 11.0. The fraction of sp³-hybridized carbons (Fsp3) is 0.667. The van der Waals surface area contributed by atoms with Crippen LogP contribution in [-0.4, -0.2) is 10.1 Å². The van der Waals surface area contributed by atoms with E-state index < -0.39 is 6.10 Å². The quantitative estimate of drug-likeness (QED) is 0.881. The third kappa shape index (κ3) is 3.29.